The molecule has 0 heterocycles. The number of rotatable bonds is 8. The van der Waals surface area contributed by atoms with Crippen molar-refractivity contribution in [2.24, 2.45) is 0 Å². The Morgan fingerprint density at radius 2 is 1.90 bits per heavy atom. The molecular weight excluding hydrogens is 262 g/mol. The summed E-state index contributed by atoms with van der Waals surface area (Å²) < 4.78 is 5.76. The lowest BCUT2D eigenvalue weighted by atomic mass is 9.94. The molecule has 0 saturated heterocycles. The highest BCUT2D eigenvalue weighted by atomic mass is 16.5. The second-order valence-corrected chi connectivity index (χ2v) is 6.15. The summed E-state index contributed by atoms with van der Waals surface area (Å²) in [4.78, 5) is 2.47. The zero-order chi connectivity index (χ0) is 14.9. The molecule has 0 bridgehead atoms. The Hall–Kier alpha value is -1.06. The predicted octanol–water partition coefficient (Wildman–Crippen LogP) is 3.47. The molecule has 1 unspecified atom stereocenters. The van der Waals surface area contributed by atoms with E-state index in [1.54, 1.807) is 0 Å². The maximum atomic E-state index is 9.72. The third-order valence-electron chi connectivity index (χ3n) is 4.19. The lowest BCUT2D eigenvalue weighted by molar-refractivity contribution is 0.0780. The van der Waals surface area contributed by atoms with Crippen molar-refractivity contribution in [2.75, 3.05) is 19.7 Å². The Morgan fingerprint density at radius 1 is 1.19 bits per heavy atom. The van der Waals surface area contributed by atoms with Gasteiger partial charge in [-0.05, 0) is 38.3 Å². The molecule has 3 heteroatoms. The minimum absolute atomic E-state index is 0.248. The van der Waals surface area contributed by atoms with Gasteiger partial charge in [0.15, 0.2) is 0 Å². The molecule has 2 rings (SSSR count). The summed E-state index contributed by atoms with van der Waals surface area (Å²) in [5.41, 5.74) is 0. The van der Waals surface area contributed by atoms with Crippen LogP contribution < -0.4 is 4.74 Å². The van der Waals surface area contributed by atoms with Crippen LogP contribution in [0.5, 0.6) is 5.75 Å². The van der Waals surface area contributed by atoms with Crippen LogP contribution >= 0.6 is 0 Å². The number of para-hydroxylation sites is 1. The number of hydrogen-bond acceptors (Lipinski definition) is 3. The number of ether oxygens (including phenoxy) is 1. The van der Waals surface area contributed by atoms with Crippen LogP contribution in [0.3, 0.4) is 0 Å². The average Bonchev–Trinajstić information content (AvgIpc) is 2.52. The summed E-state index contributed by atoms with van der Waals surface area (Å²) in [7, 11) is 0. The Balaban J connectivity index is 1.73. The monoisotopic (exact) mass is 291 g/mol. The zero-order valence-electron chi connectivity index (χ0n) is 13.2. The van der Waals surface area contributed by atoms with Gasteiger partial charge < -0.3 is 9.84 Å². The number of aliphatic hydroxyl groups is 1. The summed E-state index contributed by atoms with van der Waals surface area (Å²) in [6.45, 7) is 4.43. The standard InChI is InChI=1S/C18H29NO2/c1-16(20)15-19(17-9-4-2-5-10-17)13-8-14-21-18-11-6-3-7-12-18/h3,6-7,11-12,16-17,20H,2,4-5,8-10,13-15H2,1H3. The van der Waals surface area contributed by atoms with Crippen molar-refractivity contribution in [3.63, 3.8) is 0 Å². The van der Waals surface area contributed by atoms with E-state index in [-0.39, 0.29) is 6.10 Å². The van der Waals surface area contributed by atoms with E-state index < -0.39 is 0 Å². The van der Waals surface area contributed by atoms with Gasteiger partial charge in [-0.1, -0.05) is 37.5 Å². The molecule has 1 N–H and O–H groups in total. The molecule has 1 fully saturated rings. The minimum atomic E-state index is -0.248. The highest BCUT2D eigenvalue weighted by Gasteiger charge is 2.21. The van der Waals surface area contributed by atoms with Crippen LogP contribution in [0.2, 0.25) is 0 Å². The number of nitrogens with zero attached hydrogens (tertiary/aromatic N) is 1. The second kappa shape index (κ2) is 9.06. The molecule has 0 amide bonds. The molecular formula is C18H29NO2. The maximum Gasteiger partial charge on any atom is 0.119 e. The largest absolute Gasteiger partial charge is 0.494 e. The molecule has 3 nitrogen and oxygen atoms in total. The van der Waals surface area contributed by atoms with Gasteiger partial charge in [0.2, 0.25) is 0 Å². The Morgan fingerprint density at radius 3 is 2.57 bits per heavy atom. The number of benzene rings is 1. The Labute approximate surface area is 128 Å². The van der Waals surface area contributed by atoms with Gasteiger partial charge in [0.1, 0.15) is 5.75 Å². The maximum absolute atomic E-state index is 9.72. The molecule has 118 valence electrons. The topological polar surface area (TPSA) is 32.7 Å². The lowest BCUT2D eigenvalue weighted by Crippen LogP contribution is -2.41. The van der Waals surface area contributed by atoms with Gasteiger partial charge >= 0.3 is 0 Å². The molecule has 1 aromatic rings. The van der Waals surface area contributed by atoms with E-state index in [0.717, 1.165) is 31.9 Å². The van der Waals surface area contributed by atoms with Crippen LogP contribution in [0.4, 0.5) is 0 Å². The smallest absolute Gasteiger partial charge is 0.119 e. The molecule has 0 spiro atoms. The Bertz CT molecular complexity index is 374. The number of aliphatic hydroxyl groups excluding tert-OH is 1. The third-order valence-corrected chi connectivity index (χ3v) is 4.19. The first-order chi connectivity index (χ1) is 10.3. The highest BCUT2D eigenvalue weighted by Crippen LogP contribution is 2.23. The summed E-state index contributed by atoms with van der Waals surface area (Å²) in [5, 5.41) is 9.72. The third kappa shape index (κ3) is 6.06. The molecule has 0 radical (unpaired) electrons. The van der Waals surface area contributed by atoms with E-state index in [2.05, 4.69) is 4.90 Å². The quantitative estimate of drug-likeness (QED) is 0.744. The fourth-order valence-electron chi connectivity index (χ4n) is 3.18. The summed E-state index contributed by atoms with van der Waals surface area (Å²) in [6.07, 6.45) is 7.37. The molecule has 1 aromatic carbocycles. The van der Waals surface area contributed by atoms with E-state index >= 15 is 0 Å². The van der Waals surface area contributed by atoms with E-state index in [4.69, 9.17) is 4.74 Å². The summed E-state index contributed by atoms with van der Waals surface area (Å²) in [6, 6.07) is 10.6. The van der Waals surface area contributed by atoms with E-state index in [0.29, 0.717) is 6.04 Å². The first-order valence-electron chi connectivity index (χ1n) is 8.35. The van der Waals surface area contributed by atoms with Crippen molar-refractivity contribution in [1.82, 2.24) is 4.90 Å². The van der Waals surface area contributed by atoms with Gasteiger partial charge in [0.25, 0.3) is 0 Å². The molecule has 1 aliphatic rings. The van der Waals surface area contributed by atoms with Crippen LogP contribution in [0.15, 0.2) is 30.3 Å². The fourth-order valence-corrected chi connectivity index (χ4v) is 3.18. The molecule has 0 aromatic heterocycles. The van der Waals surface area contributed by atoms with Crippen molar-refractivity contribution < 1.29 is 9.84 Å². The molecule has 1 saturated carbocycles. The first kappa shape index (κ1) is 16.3. The van der Waals surface area contributed by atoms with Crippen LogP contribution in [0.25, 0.3) is 0 Å². The van der Waals surface area contributed by atoms with Crippen LogP contribution in [-0.2, 0) is 0 Å². The van der Waals surface area contributed by atoms with Crippen molar-refractivity contribution in [2.45, 2.75) is 57.6 Å². The van der Waals surface area contributed by atoms with E-state index in [1.165, 1.54) is 32.1 Å². The van der Waals surface area contributed by atoms with Gasteiger partial charge in [-0.2, -0.15) is 0 Å². The van der Waals surface area contributed by atoms with Crippen molar-refractivity contribution in [3.05, 3.63) is 30.3 Å². The van der Waals surface area contributed by atoms with E-state index in [9.17, 15) is 5.11 Å². The molecule has 1 aliphatic carbocycles. The summed E-state index contributed by atoms with van der Waals surface area (Å²) >= 11 is 0. The fraction of sp³-hybridized carbons (Fsp3) is 0.667. The second-order valence-electron chi connectivity index (χ2n) is 6.15. The minimum Gasteiger partial charge on any atom is -0.494 e. The molecule has 21 heavy (non-hydrogen) atoms. The van der Waals surface area contributed by atoms with Gasteiger partial charge in [0, 0.05) is 19.1 Å². The van der Waals surface area contributed by atoms with Crippen molar-refractivity contribution in [3.8, 4) is 5.75 Å². The molecule has 1 atom stereocenters. The van der Waals surface area contributed by atoms with Crippen LogP contribution in [0.1, 0.15) is 45.4 Å². The van der Waals surface area contributed by atoms with Crippen molar-refractivity contribution >= 4 is 0 Å². The summed E-state index contributed by atoms with van der Waals surface area (Å²) in [5.74, 6) is 0.942. The SMILES string of the molecule is CC(O)CN(CCCOc1ccccc1)C1CCCCC1. The average molecular weight is 291 g/mol. The lowest BCUT2D eigenvalue weighted by Gasteiger charge is -2.35. The van der Waals surface area contributed by atoms with Gasteiger partial charge in [0.05, 0.1) is 12.7 Å². The van der Waals surface area contributed by atoms with Gasteiger partial charge in [-0.3, -0.25) is 4.90 Å². The number of hydrogen-bond donors (Lipinski definition) is 1. The highest BCUT2D eigenvalue weighted by molar-refractivity contribution is 5.20. The zero-order valence-corrected chi connectivity index (χ0v) is 13.2. The van der Waals surface area contributed by atoms with Crippen molar-refractivity contribution in [1.29, 1.82) is 0 Å². The van der Waals surface area contributed by atoms with Gasteiger partial charge in [-0.15, -0.1) is 0 Å². The Kier molecular flexibility index (Phi) is 7.04. The van der Waals surface area contributed by atoms with Crippen LogP contribution in [0, 0.1) is 0 Å². The van der Waals surface area contributed by atoms with Crippen LogP contribution in [-0.4, -0.2) is 41.8 Å². The van der Waals surface area contributed by atoms with E-state index in [1.807, 2.05) is 37.3 Å². The predicted molar refractivity (Wildman–Crippen MR) is 86.7 cm³/mol. The first-order valence-corrected chi connectivity index (χ1v) is 8.35. The normalized spacial score (nSPS) is 17.9. The van der Waals surface area contributed by atoms with Gasteiger partial charge in [-0.25, -0.2) is 0 Å². The molecule has 0 aliphatic heterocycles.